The molecule has 3 rings (SSSR count). The zero-order valence-electron chi connectivity index (χ0n) is 16.3. The summed E-state index contributed by atoms with van der Waals surface area (Å²) >= 11 is 0. The van der Waals surface area contributed by atoms with Gasteiger partial charge in [-0.05, 0) is 43.7 Å². The zero-order chi connectivity index (χ0) is 20.1. The van der Waals surface area contributed by atoms with Gasteiger partial charge in [-0.25, -0.2) is 0 Å². The molecular weight excluding hydrogens is 354 g/mol. The summed E-state index contributed by atoms with van der Waals surface area (Å²) in [6, 6.07) is 14.5. The number of carbonyl (C=O) groups excluding carboxylic acids is 3. The van der Waals surface area contributed by atoms with E-state index in [0.717, 1.165) is 12.0 Å². The van der Waals surface area contributed by atoms with Crippen LogP contribution in [0.15, 0.2) is 48.5 Å². The fraction of sp³-hybridized carbons (Fsp3) is 0.318. The van der Waals surface area contributed by atoms with Gasteiger partial charge < -0.3 is 15.1 Å². The molecule has 146 valence electrons. The third-order valence-corrected chi connectivity index (χ3v) is 4.77. The number of rotatable bonds is 3. The van der Waals surface area contributed by atoms with Gasteiger partial charge in [-0.3, -0.25) is 14.4 Å². The molecule has 1 saturated heterocycles. The largest absolute Gasteiger partial charge is 0.337 e. The van der Waals surface area contributed by atoms with E-state index in [4.69, 9.17) is 0 Å². The Labute approximate surface area is 165 Å². The standard InChI is InChI=1S/C22H25N3O3/c1-16-6-3-7-18(14-16)21(27)24-10-5-11-25(13-12-24)22(28)19-8-4-9-20(15-19)23-17(2)26/h3-4,6-9,14-15H,5,10-13H2,1-2H3,(H,23,26). The lowest BCUT2D eigenvalue weighted by Crippen LogP contribution is -2.37. The monoisotopic (exact) mass is 379 g/mol. The highest BCUT2D eigenvalue weighted by molar-refractivity contribution is 5.97. The predicted octanol–water partition coefficient (Wildman–Crippen LogP) is 2.94. The number of hydrogen-bond donors (Lipinski definition) is 1. The van der Waals surface area contributed by atoms with E-state index >= 15 is 0 Å². The number of benzene rings is 2. The Bertz CT molecular complexity index is 894. The zero-order valence-corrected chi connectivity index (χ0v) is 16.3. The maximum absolute atomic E-state index is 12.9. The number of nitrogens with one attached hydrogen (secondary N) is 1. The van der Waals surface area contributed by atoms with E-state index in [9.17, 15) is 14.4 Å². The van der Waals surface area contributed by atoms with Gasteiger partial charge in [0.05, 0.1) is 0 Å². The first-order chi connectivity index (χ1) is 13.4. The molecule has 0 unspecified atom stereocenters. The second-order valence-corrected chi connectivity index (χ2v) is 7.07. The minimum Gasteiger partial charge on any atom is -0.337 e. The van der Waals surface area contributed by atoms with Crippen LogP contribution >= 0.6 is 0 Å². The molecule has 0 aliphatic carbocycles. The predicted molar refractivity (Wildman–Crippen MR) is 108 cm³/mol. The number of anilines is 1. The van der Waals surface area contributed by atoms with Crippen LogP contribution in [0.2, 0.25) is 0 Å². The molecule has 1 fully saturated rings. The Morgan fingerprint density at radius 3 is 1.96 bits per heavy atom. The summed E-state index contributed by atoms with van der Waals surface area (Å²) in [6.07, 6.45) is 0.731. The van der Waals surface area contributed by atoms with Crippen molar-refractivity contribution < 1.29 is 14.4 Å². The SMILES string of the molecule is CC(=O)Nc1cccc(C(=O)N2CCCN(C(=O)c3cccc(C)c3)CC2)c1. The van der Waals surface area contributed by atoms with Crippen molar-refractivity contribution in [3.63, 3.8) is 0 Å². The van der Waals surface area contributed by atoms with Crippen LogP contribution in [0, 0.1) is 6.92 Å². The summed E-state index contributed by atoms with van der Waals surface area (Å²) in [7, 11) is 0. The third kappa shape index (κ3) is 4.76. The van der Waals surface area contributed by atoms with E-state index in [-0.39, 0.29) is 17.7 Å². The molecular formula is C22H25N3O3. The van der Waals surface area contributed by atoms with E-state index in [2.05, 4.69) is 5.32 Å². The Balaban J connectivity index is 1.67. The number of hydrogen-bond acceptors (Lipinski definition) is 3. The fourth-order valence-corrected chi connectivity index (χ4v) is 3.40. The van der Waals surface area contributed by atoms with Crippen molar-refractivity contribution in [2.75, 3.05) is 31.5 Å². The van der Waals surface area contributed by atoms with Crippen LogP contribution in [0.3, 0.4) is 0 Å². The van der Waals surface area contributed by atoms with Crippen LogP contribution in [0.25, 0.3) is 0 Å². The van der Waals surface area contributed by atoms with Crippen molar-refractivity contribution in [3.05, 3.63) is 65.2 Å². The second kappa shape index (κ2) is 8.69. The van der Waals surface area contributed by atoms with Crippen LogP contribution in [0.5, 0.6) is 0 Å². The first-order valence-electron chi connectivity index (χ1n) is 9.47. The van der Waals surface area contributed by atoms with Crippen molar-refractivity contribution in [1.82, 2.24) is 9.80 Å². The van der Waals surface area contributed by atoms with Crippen LogP contribution < -0.4 is 5.32 Å². The van der Waals surface area contributed by atoms with Crippen molar-refractivity contribution >= 4 is 23.4 Å². The van der Waals surface area contributed by atoms with E-state index in [1.54, 1.807) is 29.2 Å². The maximum Gasteiger partial charge on any atom is 0.253 e. The molecule has 0 saturated carbocycles. The first-order valence-corrected chi connectivity index (χ1v) is 9.47. The summed E-state index contributed by atoms with van der Waals surface area (Å²) < 4.78 is 0. The third-order valence-electron chi connectivity index (χ3n) is 4.77. The van der Waals surface area contributed by atoms with Gasteiger partial charge in [0.15, 0.2) is 0 Å². The maximum atomic E-state index is 12.9. The minimum absolute atomic E-state index is 0.00524. The molecule has 1 aliphatic heterocycles. The van der Waals surface area contributed by atoms with E-state index in [1.165, 1.54) is 6.92 Å². The van der Waals surface area contributed by atoms with Crippen LogP contribution in [0.4, 0.5) is 5.69 Å². The molecule has 6 nitrogen and oxygen atoms in total. The van der Waals surface area contributed by atoms with Gasteiger partial charge >= 0.3 is 0 Å². The summed E-state index contributed by atoms with van der Waals surface area (Å²) in [6.45, 7) is 5.62. The lowest BCUT2D eigenvalue weighted by Gasteiger charge is -2.22. The van der Waals surface area contributed by atoms with Gasteiger partial charge in [-0.1, -0.05) is 23.8 Å². The Kier molecular flexibility index (Phi) is 6.09. The molecule has 0 atom stereocenters. The van der Waals surface area contributed by atoms with Crippen molar-refractivity contribution in [2.24, 2.45) is 0 Å². The Hall–Kier alpha value is -3.15. The summed E-state index contributed by atoms with van der Waals surface area (Å²) in [5, 5.41) is 2.70. The van der Waals surface area contributed by atoms with Crippen LogP contribution in [-0.4, -0.2) is 53.7 Å². The molecule has 28 heavy (non-hydrogen) atoms. The van der Waals surface area contributed by atoms with Crippen molar-refractivity contribution in [3.8, 4) is 0 Å². The highest BCUT2D eigenvalue weighted by atomic mass is 16.2. The molecule has 6 heteroatoms. The number of aryl methyl sites for hydroxylation is 1. The molecule has 1 aliphatic rings. The average Bonchev–Trinajstić information content (AvgIpc) is 2.93. The first kappa shape index (κ1) is 19.6. The minimum atomic E-state index is -0.176. The molecule has 1 heterocycles. The van der Waals surface area contributed by atoms with Crippen molar-refractivity contribution in [2.45, 2.75) is 20.3 Å². The fourth-order valence-electron chi connectivity index (χ4n) is 3.40. The van der Waals surface area contributed by atoms with E-state index in [1.807, 2.05) is 36.1 Å². The second-order valence-electron chi connectivity index (χ2n) is 7.07. The quantitative estimate of drug-likeness (QED) is 0.891. The topological polar surface area (TPSA) is 69.7 Å². The lowest BCUT2D eigenvalue weighted by molar-refractivity contribution is -0.114. The van der Waals surface area contributed by atoms with E-state index in [0.29, 0.717) is 43.0 Å². The highest BCUT2D eigenvalue weighted by Gasteiger charge is 2.23. The Morgan fingerprint density at radius 1 is 0.821 bits per heavy atom. The van der Waals surface area contributed by atoms with Crippen LogP contribution in [-0.2, 0) is 4.79 Å². The molecule has 2 aromatic rings. The molecule has 2 aromatic carbocycles. The average molecular weight is 379 g/mol. The van der Waals surface area contributed by atoms with Gasteiger partial charge in [-0.2, -0.15) is 0 Å². The van der Waals surface area contributed by atoms with Crippen molar-refractivity contribution in [1.29, 1.82) is 0 Å². The molecule has 0 radical (unpaired) electrons. The normalized spacial score (nSPS) is 14.4. The molecule has 0 aromatic heterocycles. The molecule has 1 N–H and O–H groups in total. The molecule has 0 spiro atoms. The van der Waals surface area contributed by atoms with Gasteiger partial charge in [0.25, 0.3) is 11.8 Å². The van der Waals surface area contributed by atoms with Gasteiger partial charge in [0.2, 0.25) is 5.91 Å². The van der Waals surface area contributed by atoms with Gasteiger partial charge in [0.1, 0.15) is 0 Å². The van der Waals surface area contributed by atoms with E-state index < -0.39 is 0 Å². The Morgan fingerprint density at radius 2 is 1.39 bits per heavy atom. The lowest BCUT2D eigenvalue weighted by atomic mass is 10.1. The van der Waals surface area contributed by atoms with Gasteiger partial charge in [0, 0.05) is 49.9 Å². The summed E-state index contributed by atoms with van der Waals surface area (Å²) in [5.74, 6) is -0.257. The van der Waals surface area contributed by atoms with Gasteiger partial charge in [-0.15, -0.1) is 0 Å². The number of amides is 3. The highest BCUT2D eigenvalue weighted by Crippen LogP contribution is 2.16. The summed E-state index contributed by atoms with van der Waals surface area (Å²) in [5.41, 5.74) is 2.87. The smallest absolute Gasteiger partial charge is 0.253 e. The summed E-state index contributed by atoms with van der Waals surface area (Å²) in [4.78, 5) is 40.5. The molecule has 3 amide bonds. The van der Waals surface area contributed by atoms with Crippen LogP contribution in [0.1, 0.15) is 39.6 Å². The number of carbonyl (C=O) groups is 3. The molecule has 0 bridgehead atoms. The number of nitrogens with zero attached hydrogens (tertiary/aromatic N) is 2.